The Morgan fingerprint density at radius 1 is 1.29 bits per heavy atom. The Kier molecular flexibility index (Phi) is 4.01. The molecular weight excluding hydrogens is 270 g/mol. The van der Waals surface area contributed by atoms with Gasteiger partial charge in [0.1, 0.15) is 5.82 Å². The highest BCUT2D eigenvalue weighted by Gasteiger charge is 2.18. The molecule has 0 amide bonds. The summed E-state index contributed by atoms with van der Waals surface area (Å²) in [7, 11) is 1.43. The van der Waals surface area contributed by atoms with Gasteiger partial charge in [-0.3, -0.25) is 9.69 Å². The summed E-state index contributed by atoms with van der Waals surface area (Å²) in [6.45, 7) is 4.46. The molecule has 0 radical (unpaired) electrons. The van der Waals surface area contributed by atoms with Crippen LogP contribution in [0.25, 0.3) is 5.65 Å². The monoisotopic (exact) mass is 289 g/mol. The maximum absolute atomic E-state index is 11.2. The molecule has 0 spiro atoms. The number of methoxy groups -OCH3 is 1. The largest absolute Gasteiger partial charge is 0.469 e. The van der Waals surface area contributed by atoms with E-state index in [-0.39, 0.29) is 5.97 Å². The van der Waals surface area contributed by atoms with Crippen molar-refractivity contribution >= 4 is 17.4 Å². The van der Waals surface area contributed by atoms with Gasteiger partial charge in [0.2, 0.25) is 0 Å². The van der Waals surface area contributed by atoms with Gasteiger partial charge in [-0.05, 0) is 6.07 Å². The van der Waals surface area contributed by atoms with Crippen LogP contribution in [0, 0.1) is 0 Å². The first-order chi connectivity index (χ1) is 10.3. The standard InChI is InChI=1S/C14H19N5O2/c1-21-14(20)4-6-17-8-10-18(11-9-17)12-3-7-19-13(16-12)2-5-15-19/h2-3,5,7H,4,6,8-11H2,1H3. The number of anilines is 1. The molecule has 1 saturated heterocycles. The van der Waals surface area contributed by atoms with Gasteiger partial charge in [0.05, 0.1) is 19.7 Å². The first-order valence-corrected chi connectivity index (χ1v) is 7.11. The van der Waals surface area contributed by atoms with Crippen molar-refractivity contribution in [3.05, 3.63) is 24.5 Å². The molecule has 1 aliphatic rings. The summed E-state index contributed by atoms with van der Waals surface area (Å²) in [5.74, 6) is 0.834. The van der Waals surface area contributed by atoms with Gasteiger partial charge in [0.15, 0.2) is 5.65 Å². The molecule has 2 aromatic heterocycles. The second-order valence-corrected chi connectivity index (χ2v) is 5.07. The summed E-state index contributed by atoms with van der Waals surface area (Å²) in [5.41, 5.74) is 0.862. The molecule has 3 rings (SSSR count). The molecule has 0 N–H and O–H groups in total. The molecule has 0 unspecified atom stereocenters. The van der Waals surface area contributed by atoms with Crippen molar-refractivity contribution in [2.45, 2.75) is 6.42 Å². The Morgan fingerprint density at radius 2 is 2.10 bits per heavy atom. The Bertz CT molecular complexity index is 619. The minimum absolute atomic E-state index is 0.148. The molecule has 0 aliphatic carbocycles. The number of nitrogens with zero attached hydrogens (tertiary/aromatic N) is 5. The van der Waals surface area contributed by atoms with Crippen molar-refractivity contribution in [2.24, 2.45) is 0 Å². The Morgan fingerprint density at radius 3 is 2.86 bits per heavy atom. The molecule has 21 heavy (non-hydrogen) atoms. The van der Waals surface area contributed by atoms with E-state index < -0.39 is 0 Å². The fourth-order valence-electron chi connectivity index (χ4n) is 2.53. The van der Waals surface area contributed by atoms with Crippen LogP contribution in [0.3, 0.4) is 0 Å². The minimum atomic E-state index is -0.148. The summed E-state index contributed by atoms with van der Waals surface area (Å²) < 4.78 is 6.43. The van der Waals surface area contributed by atoms with Crippen LogP contribution in [0.4, 0.5) is 5.82 Å². The van der Waals surface area contributed by atoms with Gasteiger partial charge in [0.25, 0.3) is 0 Å². The van der Waals surface area contributed by atoms with E-state index in [1.165, 1.54) is 7.11 Å². The van der Waals surface area contributed by atoms with Gasteiger partial charge in [-0.1, -0.05) is 0 Å². The van der Waals surface area contributed by atoms with Crippen LogP contribution < -0.4 is 4.90 Å². The molecule has 3 heterocycles. The first-order valence-electron chi connectivity index (χ1n) is 7.11. The first kappa shape index (κ1) is 13.8. The van der Waals surface area contributed by atoms with Crippen molar-refractivity contribution in [3.63, 3.8) is 0 Å². The molecule has 1 fully saturated rings. The maximum Gasteiger partial charge on any atom is 0.306 e. The molecule has 112 valence electrons. The van der Waals surface area contributed by atoms with E-state index in [0.29, 0.717) is 6.42 Å². The van der Waals surface area contributed by atoms with E-state index in [1.807, 2.05) is 18.3 Å². The lowest BCUT2D eigenvalue weighted by Crippen LogP contribution is -2.47. The third kappa shape index (κ3) is 3.13. The normalized spacial score (nSPS) is 16.3. The number of carbonyl (C=O) groups excluding carboxylic acids is 1. The van der Waals surface area contributed by atoms with Gasteiger partial charge in [0, 0.05) is 45.0 Å². The van der Waals surface area contributed by atoms with E-state index >= 15 is 0 Å². The molecular formula is C14H19N5O2. The van der Waals surface area contributed by atoms with Crippen LogP contribution in [0.15, 0.2) is 24.5 Å². The Labute approximate surface area is 123 Å². The van der Waals surface area contributed by atoms with E-state index in [9.17, 15) is 4.79 Å². The predicted molar refractivity (Wildman–Crippen MR) is 78.3 cm³/mol. The third-order valence-corrected chi connectivity index (χ3v) is 3.80. The molecule has 0 saturated carbocycles. The van der Waals surface area contributed by atoms with Crippen molar-refractivity contribution in [3.8, 4) is 0 Å². The lowest BCUT2D eigenvalue weighted by atomic mass is 10.3. The number of ether oxygens (including phenoxy) is 1. The number of esters is 1. The molecule has 7 heteroatoms. The second kappa shape index (κ2) is 6.09. The average molecular weight is 289 g/mol. The summed E-state index contributed by atoms with van der Waals surface area (Å²) >= 11 is 0. The number of rotatable bonds is 4. The van der Waals surface area contributed by atoms with Crippen LogP contribution in [-0.2, 0) is 9.53 Å². The van der Waals surface area contributed by atoms with Gasteiger partial charge < -0.3 is 9.64 Å². The molecule has 1 aliphatic heterocycles. The summed E-state index contributed by atoms with van der Waals surface area (Å²) in [6.07, 6.45) is 4.13. The number of carbonyl (C=O) groups is 1. The highest BCUT2D eigenvalue weighted by molar-refractivity contribution is 5.69. The second-order valence-electron chi connectivity index (χ2n) is 5.07. The molecule has 7 nitrogen and oxygen atoms in total. The van der Waals surface area contributed by atoms with Crippen LogP contribution >= 0.6 is 0 Å². The lowest BCUT2D eigenvalue weighted by molar-refractivity contribution is -0.141. The zero-order valence-electron chi connectivity index (χ0n) is 12.1. The number of fused-ring (bicyclic) bond motifs is 1. The van der Waals surface area contributed by atoms with Crippen molar-refractivity contribution in [1.29, 1.82) is 0 Å². The highest BCUT2D eigenvalue weighted by atomic mass is 16.5. The third-order valence-electron chi connectivity index (χ3n) is 3.80. The van der Waals surface area contributed by atoms with E-state index in [1.54, 1.807) is 10.7 Å². The minimum Gasteiger partial charge on any atom is -0.469 e. The SMILES string of the molecule is COC(=O)CCN1CCN(c2ccn3nccc3n2)CC1. The molecule has 2 aromatic rings. The van der Waals surface area contributed by atoms with E-state index in [2.05, 4.69) is 24.6 Å². The smallest absolute Gasteiger partial charge is 0.306 e. The van der Waals surface area contributed by atoms with Crippen molar-refractivity contribution < 1.29 is 9.53 Å². The summed E-state index contributed by atoms with van der Waals surface area (Å²) in [4.78, 5) is 20.3. The Hall–Kier alpha value is -2.15. The molecule has 0 bridgehead atoms. The van der Waals surface area contributed by atoms with Crippen LogP contribution in [0.2, 0.25) is 0 Å². The highest BCUT2D eigenvalue weighted by Crippen LogP contribution is 2.14. The lowest BCUT2D eigenvalue weighted by Gasteiger charge is -2.35. The quantitative estimate of drug-likeness (QED) is 0.760. The topological polar surface area (TPSA) is 63.0 Å². The molecule has 0 atom stereocenters. The Balaban J connectivity index is 1.56. The maximum atomic E-state index is 11.2. The van der Waals surface area contributed by atoms with Crippen LogP contribution in [0.5, 0.6) is 0 Å². The van der Waals surface area contributed by atoms with Crippen molar-refractivity contribution in [2.75, 3.05) is 44.7 Å². The number of hydrogen-bond donors (Lipinski definition) is 0. The summed E-state index contributed by atoms with van der Waals surface area (Å²) in [6, 6.07) is 3.89. The fraction of sp³-hybridized carbons (Fsp3) is 0.500. The van der Waals surface area contributed by atoms with E-state index in [0.717, 1.165) is 44.2 Å². The fourth-order valence-corrected chi connectivity index (χ4v) is 2.53. The van der Waals surface area contributed by atoms with Gasteiger partial charge in [-0.2, -0.15) is 5.10 Å². The van der Waals surface area contributed by atoms with Gasteiger partial charge >= 0.3 is 5.97 Å². The summed E-state index contributed by atoms with van der Waals surface area (Å²) in [5, 5.41) is 4.15. The van der Waals surface area contributed by atoms with Crippen LogP contribution in [0.1, 0.15) is 6.42 Å². The van der Waals surface area contributed by atoms with Gasteiger partial charge in [-0.25, -0.2) is 9.50 Å². The number of aromatic nitrogens is 3. The van der Waals surface area contributed by atoms with Gasteiger partial charge in [-0.15, -0.1) is 0 Å². The zero-order chi connectivity index (χ0) is 14.7. The van der Waals surface area contributed by atoms with Crippen molar-refractivity contribution in [1.82, 2.24) is 19.5 Å². The number of hydrogen-bond acceptors (Lipinski definition) is 6. The molecule has 0 aromatic carbocycles. The predicted octanol–water partition coefficient (Wildman–Crippen LogP) is 0.414. The van der Waals surface area contributed by atoms with Crippen LogP contribution in [-0.4, -0.2) is 65.3 Å². The zero-order valence-corrected chi connectivity index (χ0v) is 12.1. The average Bonchev–Trinajstić information content (AvgIpc) is 3.00. The number of piperazine rings is 1. The van der Waals surface area contributed by atoms with E-state index in [4.69, 9.17) is 0 Å².